The van der Waals surface area contributed by atoms with Crippen LogP contribution in [0.15, 0.2) is 0 Å². The molecule has 0 aromatic rings. The lowest BCUT2D eigenvalue weighted by Crippen LogP contribution is -2.49. The summed E-state index contributed by atoms with van der Waals surface area (Å²) in [6.45, 7) is 7.52. The van der Waals surface area contributed by atoms with E-state index in [1.54, 1.807) is 0 Å². The average Bonchev–Trinajstić information content (AvgIpc) is 3.10. The van der Waals surface area contributed by atoms with Crippen molar-refractivity contribution in [2.24, 2.45) is 5.92 Å². The van der Waals surface area contributed by atoms with Gasteiger partial charge in [0.15, 0.2) is 0 Å². The SMILES string of the molecule is CC(O)C(C)N1CCC(NCC2CC2)CC1. The molecule has 0 bridgehead atoms. The molecule has 0 aromatic carbocycles. The summed E-state index contributed by atoms with van der Waals surface area (Å²) in [7, 11) is 0. The summed E-state index contributed by atoms with van der Waals surface area (Å²) in [5, 5.41) is 13.2. The van der Waals surface area contributed by atoms with E-state index in [9.17, 15) is 5.11 Å². The third kappa shape index (κ3) is 3.44. The van der Waals surface area contributed by atoms with Crippen molar-refractivity contribution in [3.63, 3.8) is 0 Å². The second-order valence-corrected chi connectivity index (χ2v) is 5.64. The van der Waals surface area contributed by atoms with Gasteiger partial charge in [0.05, 0.1) is 6.10 Å². The van der Waals surface area contributed by atoms with Crippen molar-refractivity contribution in [3.05, 3.63) is 0 Å². The number of nitrogens with one attached hydrogen (secondary N) is 1. The zero-order chi connectivity index (χ0) is 11.5. The van der Waals surface area contributed by atoms with Gasteiger partial charge in [-0.1, -0.05) is 0 Å². The number of rotatable bonds is 5. The van der Waals surface area contributed by atoms with Crippen LogP contribution in [0.25, 0.3) is 0 Å². The van der Waals surface area contributed by atoms with Gasteiger partial charge >= 0.3 is 0 Å². The summed E-state index contributed by atoms with van der Waals surface area (Å²) in [5.41, 5.74) is 0. The fourth-order valence-corrected chi connectivity index (χ4v) is 2.47. The van der Waals surface area contributed by atoms with E-state index in [1.165, 1.54) is 32.2 Å². The molecule has 0 aromatic heterocycles. The summed E-state index contributed by atoms with van der Waals surface area (Å²) in [6.07, 6.45) is 5.14. The highest BCUT2D eigenvalue weighted by molar-refractivity contribution is 4.84. The second-order valence-electron chi connectivity index (χ2n) is 5.64. The molecule has 2 N–H and O–H groups in total. The molecule has 94 valence electrons. The molecule has 1 saturated carbocycles. The van der Waals surface area contributed by atoms with Gasteiger partial charge in [-0.05, 0) is 52.0 Å². The molecule has 3 heteroatoms. The second kappa shape index (κ2) is 5.48. The number of aliphatic hydroxyl groups excluding tert-OH is 1. The Kier molecular flexibility index (Phi) is 4.22. The fourth-order valence-electron chi connectivity index (χ4n) is 2.47. The first-order valence-electron chi connectivity index (χ1n) is 6.82. The Morgan fingerprint density at radius 1 is 1.19 bits per heavy atom. The van der Waals surface area contributed by atoms with E-state index in [1.807, 2.05) is 6.92 Å². The highest BCUT2D eigenvalue weighted by atomic mass is 16.3. The molecule has 0 amide bonds. The lowest BCUT2D eigenvalue weighted by molar-refractivity contribution is 0.0527. The molecule has 0 radical (unpaired) electrons. The monoisotopic (exact) mass is 226 g/mol. The third-order valence-electron chi connectivity index (χ3n) is 4.20. The van der Waals surface area contributed by atoms with Crippen molar-refractivity contribution in [1.82, 2.24) is 10.2 Å². The zero-order valence-corrected chi connectivity index (χ0v) is 10.7. The smallest absolute Gasteiger partial charge is 0.0664 e. The maximum atomic E-state index is 9.57. The van der Waals surface area contributed by atoms with E-state index >= 15 is 0 Å². The van der Waals surface area contributed by atoms with Crippen molar-refractivity contribution in [2.45, 2.75) is 57.7 Å². The van der Waals surface area contributed by atoms with E-state index in [4.69, 9.17) is 0 Å². The Labute approximate surface area is 99.2 Å². The minimum Gasteiger partial charge on any atom is -0.392 e. The summed E-state index contributed by atoms with van der Waals surface area (Å²) >= 11 is 0. The van der Waals surface area contributed by atoms with Crippen molar-refractivity contribution in [3.8, 4) is 0 Å². The first-order chi connectivity index (χ1) is 7.66. The fraction of sp³-hybridized carbons (Fsp3) is 1.00. The number of hydrogen-bond donors (Lipinski definition) is 2. The lowest BCUT2D eigenvalue weighted by atomic mass is 10.0. The number of aliphatic hydroxyl groups is 1. The van der Waals surface area contributed by atoms with Gasteiger partial charge in [0.2, 0.25) is 0 Å². The number of hydrogen-bond acceptors (Lipinski definition) is 3. The summed E-state index contributed by atoms with van der Waals surface area (Å²) in [4.78, 5) is 2.42. The first kappa shape index (κ1) is 12.3. The lowest BCUT2D eigenvalue weighted by Gasteiger charge is -2.37. The summed E-state index contributed by atoms with van der Waals surface area (Å²) < 4.78 is 0. The molecule has 2 aliphatic rings. The molecular weight excluding hydrogens is 200 g/mol. The van der Waals surface area contributed by atoms with E-state index in [0.717, 1.165) is 25.0 Å². The van der Waals surface area contributed by atoms with Crippen molar-refractivity contribution < 1.29 is 5.11 Å². The quantitative estimate of drug-likeness (QED) is 0.740. The van der Waals surface area contributed by atoms with Gasteiger partial charge in [0.25, 0.3) is 0 Å². The molecule has 1 saturated heterocycles. The van der Waals surface area contributed by atoms with E-state index in [0.29, 0.717) is 6.04 Å². The van der Waals surface area contributed by atoms with E-state index in [2.05, 4.69) is 17.1 Å². The van der Waals surface area contributed by atoms with Crippen LogP contribution >= 0.6 is 0 Å². The van der Waals surface area contributed by atoms with Gasteiger partial charge in [-0.2, -0.15) is 0 Å². The van der Waals surface area contributed by atoms with Gasteiger partial charge in [0, 0.05) is 25.2 Å². The normalized spacial score (nSPS) is 27.9. The van der Waals surface area contributed by atoms with Gasteiger partial charge in [0.1, 0.15) is 0 Å². The van der Waals surface area contributed by atoms with Gasteiger partial charge in [-0.15, -0.1) is 0 Å². The Morgan fingerprint density at radius 2 is 1.81 bits per heavy atom. The molecule has 0 spiro atoms. The number of piperidine rings is 1. The third-order valence-corrected chi connectivity index (χ3v) is 4.20. The van der Waals surface area contributed by atoms with Crippen LogP contribution in [0.5, 0.6) is 0 Å². The molecule has 3 nitrogen and oxygen atoms in total. The van der Waals surface area contributed by atoms with Crippen LogP contribution in [0.2, 0.25) is 0 Å². The van der Waals surface area contributed by atoms with Crippen LogP contribution in [0.3, 0.4) is 0 Å². The summed E-state index contributed by atoms with van der Waals surface area (Å²) in [5.74, 6) is 0.981. The molecule has 2 fully saturated rings. The summed E-state index contributed by atoms with van der Waals surface area (Å²) in [6, 6.07) is 1.03. The predicted molar refractivity (Wildman–Crippen MR) is 66.5 cm³/mol. The molecule has 2 atom stereocenters. The zero-order valence-electron chi connectivity index (χ0n) is 10.7. The van der Waals surface area contributed by atoms with Crippen LogP contribution in [0.4, 0.5) is 0 Å². The van der Waals surface area contributed by atoms with Crippen molar-refractivity contribution >= 4 is 0 Å². The maximum absolute atomic E-state index is 9.57. The average molecular weight is 226 g/mol. The van der Waals surface area contributed by atoms with Gasteiger partial charge < -0.3 is 10.4 Å². The standard InChI is InChI=1S/C13H26N2O/c1-10(11(2)16)15-7-5-13(6-8-15)14-9-12-3-4-12/h10-14,16H,3-9H2,1-2H3. The Balaban J connectivity index is 1.65. The number of nitrogens with zero attached hydrogens (tertiary/aromatic N) is 1. The Hall–Kier alpha value is -0.120. The van der Waals surface area contributed by atoms with E-state index in [-0.39, 0.29) is 6.10 Å². The molecule has 1 aliphatic carbocycles. The van der Waals surface area contributed by atoms with Crippen LogP contribution in [0, 0.1) is 5.92 Å². The Morgan fingerprint density at radius 3 is 2.31 bits per heavy atom. The van der Waals surface area contributed by atoms with Crippen LogP contribution in [0.1, 0.15) is 39.5 Å². The van der Waals surface area contributed by atoms with Crippen molar-refractivity contribution in [1.29, 1.82) is 0 Å². The van der Waals surface area contributed by atoms with Gasteiger partial charge in [-0.25, -0.2) is 0 Å². The molecule has 2 rings (SSSR count). The molecular formula is C13H26N2O. The van der Waals surface area contributed by atoms with Gasteiger partial charge in [-0.3, -0.25) is 4.90 Å². The first-order valence-corrected chi connectivity index (χ1v) is 6.82. The maximum Gasteiger partial charge on any atom is 0.0664 e. The highest BCUT2D eigenvalue weighted by Gasteiger charge is 2.26. The molecule has 1 aliphatic heterocycles. The largest absolute Gasteiger partial charge is 0.392 e. The topological polar surface area (TPSA) is 35.5 Å². The predicted octanol–water partition coefficient (Wildman–Crippen LogP) is 1.22. The minimum atomic E-state index is -0.212. The van der Waals surface area contributed by atoms with Crippen molar-refractivity contribution in [2.75, 3.05) is 19.6 Å². The molecule has 1 heterocycles. The van der Waals surface area contributed by atoms with Crippen LogP contribution in [-0.2, 0) is 0 Å². The van der Waals surface area contributed by atoms with Crippen LogP contribution < -0.4 is 5.32 Å². The van der Waals surface area contributed by atoms with E-state index < -0.39 is 0 Å². The molecule has 2 unspecified atom stereocenters. The Bertz CT molecular complexity index is 208. The number of likely N-dealkylation sites (tertiary alicyclic amines) is 1. The highest BCUT2D eigenvalue weighted by Crippen LogP contribution is 2.28. The van der Waals surface area contributed by atoms with Crippen LogP contribution in [-0.4, -0.2) is 47.8 Å². The minimum absolute atomic E-state index is 0.212. The molecule has 16 heavy (non-hydrogen) atoms.